The Morgan fingerprint density at radius 2 is 1.63 bits per heavy atom. The normalized spacial score (nSPS) is 15.7. The molecule has 6 rings (SSSR count). The number of amides is 1. The van der Waals surface area contributed by atoms with Crippen molar-refractivity contribution < 1.29 is 9.53 Å². The molecule has 2 fully saturated rings. The number of hydrogen-bond acceptors (Lipinski definition) is 5. The van der Waals surface area contributed by atoms with E-state index in [1.54, 1.807) is 7.11 Å². The van der Waals surface area contributed by atoms with E-state index < -0.39 is 0 Å². The van der Waals surface area contributed by atoms with Crippen LogP contribution in [0.1, 0.15) is 26.7 Å². The second kappa shape index (κ2) is 11.7. The number of carbonyl (C=O) groups is 1. The van der Waals surface area contributed by atoms with Gasteiger partial charge in [0, 0.05) is 60.5 Å². The average Bonchev–Trinajstić information content (AvgIpc) is 3.73. The van der Waals surface area contributed by atoms with Gasteiger partial charge in [0.1, 0.15) is 5.75 Å². The smallest absolute Gasteiger partial charge is 0.227 e. The van der Waals surface area contributed by atoms with Crippen molar-refractivity contribution in [3.63, 3.8) is 0 Å². The van der Waals surface area contributed by atoms with E-state index in [0.717, 1.165) is 67.2 Å². The summed E-state index contributed by atoms with van der Waals surface area (Å²) in [5, 5.41) is 11.6. The van der Waals surface area contributed by atoms with Crippen LogP contribution in [-0.4, -0.2) is 60.3 Å². The third kappa shape index (κ3) is 6.17. The van der Waals surface area contributed by atoms with E-state index >= 15 is 0 Å². The molecule has 0 bridgehead atoms. The van der Waals surface area contributed by atoms with Crippen molar-refractivity contribution in [3.8, 4) is 17.0 Å². The molecule has 1 aliphatic carbocycles. The number of nitrogens with zero attached hydrogens (tertiary/aromatic N) is 3. The van der Waals surface area contributed by atoms with Gasteiger partial charge in [0.25, 0.3) is 0 Å². The van der Waals surface area contributed by atoms with E-state index in [2.05, 4.69) is 81.6 Å². The Hall–Kier alpha value is -3.84. The molecule has 1 aromatic heterocycles. The number of para-hydroxylation sites is 1. The van der Waals surface area contributed by atoms with Gasteiger partial charge in [0.2, 0.25) is 5.91 Å². The van der Waals surface area contributed by atoms with Crippen LogP contribution in [0.5, 0.6) is 5.75 Å². The number of piperazine rings is 1. The van der Waals surface area contributed by atoms with Gasteiger partial charge in [-0.25, -0.2) is 0 Å². The molecule has 1 saturated carbocycles. The number of ether oxygens (including phenoxy) is 1. The fourth-order valence-electron chi connectivity index (χ4n) is 4.77. The van der Waals surface area contributed by atoms with Gasteiger partial charge < -0.3 is 15.0 Å². The second-order valence-electron chi connectivity index (χ2n) is 10.3. The quantitative estimate of drug-likeness (QED) is 0.342. The van der Waals surface area contributed by atoms with Crippen LogP contribution in [-0.2, 0) is 4.79 Å². The van der Waals surface area contributed by atoms with Crippen molar-refractivity contribution in [3.05, 3.63) is 72.8 Å². The monoisotopic (exact) mass is 511 g/mol. The number of nitrogens with one attached hydrogen (secondary N) is 2. The van der Waals surface area contributed by atoms with Crippen molar-refractivity contribution in [2.24, 2.45) is 5.92 Å². The van der Waals surface area contributed by atoms with Crippen molar-refractivity contribution in [1.29, 1.82) is 0 Å². The number of carbonyl (C=O) groups excluding carboxylic acids is 1. The van der Waals surface area contributed by atoms with Gasteiger partial charge in [-0.2, -0.15) is 5.10 Å². The van der Waals surface area contributed by atoms with Crippen molar-refractivity contribution in [1.82, 2.24) is 15.1 Å². The maximum absolute atomic E-state index is 11.4. The maximum atomic E-state index is 11.4. The van der Waals surface area contributed by atoms with Gasteiger partial charge in [0.05, 0.1) is 18.3 Å². The molecule has 0 unspecified atom stereocenters. The summed E-state index contributed by atoms with van der Waals surface area (Å²) in [6.45, 7) is 9.04. The highest BCUT2D eigenvalue weighted by molar-refractivity contribution is 5.94. The van der Waals surface area contributed by atoms with Crippen LogP contribution in [0.15, 0.2) is 72.8 Å². The molecule has 2 heterocycles. The lowest BCUT2D eigenvalue weighted by Crippen LogP contribution is -2.48. The Balaban J connectivity index is 0.000000179. The summed E-state index contributed by atoms with van der Waals surface area (Å²) in [5.41, 5.74) is 5.42. The molecule has 198 valence electrons. The maximum Gasteiger partial charge on any atom is 0.227 e. The summed E-state index contributed by atoms with van der Waals surface area (Å²) in [5.74, 6) is 1.18. The lowest BCUT2D eigenvalue weighted by atomic mass is 10.1. The minimum Gasteiger partial charge on any atom is -0.497 e. The van der Waals surface area contributed by atoms with E-state index in [4.69, 9.17) is 4.74 Å². The van der Waals surface area contributed by atoms with Crippen LogP contribution >= 0.6 is 0 Å². The molecule has 2 aliphatic rings. The zero-order chi connectivity index (χ0) is 26.5. The van der Waals surface area contributed by atoms with Gasteiger partial charge in [0.15, 0.2) is 0 Å². The average molecular weight is 512 g/mol. The van der Waals surface area contributed by atoms with Gasteiger partial charge in [-0.1, -0.05) is 30.3 Å². The molecular weight excluding hydrogens is 474 g/mol. The minimum absolute atomic E-state index is 0.134. The SMILES string of the molecule is CC(C)N1CCN(c2ccc(-c3n[nH]c4ccccc34)cc2)CC1.COc1ccc(NC(=O)C2CC2)cc1. The second-order valence-corrected chi connectivity index (χ2v) is 10.3. The van der Waals surface area contributed by atoms with Crippen LogP contribution in [0.25, 0.3) is 22.2 Å². The molecule has 2 N–H and O–H groups in total. The number of aromatic nitrogens is 2. The molecule has 4 aromatic rings. The largest absolute Gasteiger partial charge is 0.497 e. The Bertz CT molecular complexity index is 1330. The predicted octanol–water partition coefficient (Wildman–Crippen LogP) is 5.80. The molecule has 0 radical (unpaired) electrons. The summed E-state index contributed by atoms with van der Waals surface area (Å²) in [6, 6.07) is 25.1. The topological polar surface area (TPSA) is 73.5 Å². The van der Waals surface area contributed by atoms with Gasteiger partial charge in [-0.05, 0) is 69.2 Å². The van der Waals surface area contributed by atoms with Crippen LogP contribution in [0.2, 0.25) is 0 Å². The Morgan fingerprint density at radius 1 is 0.947 bits per heavy atom. The third-order valence-corrected chi connectivity index (χ3v) is 7.33. The van der Waals surface area contributed by atoms with E-state index in [-0.39, 0.29) is 11.8 Å². The van der Waals surface area contributed by atoms with Crippen molar-refractivity contribution >= 4 is 28.2 Å². The number of anilines is 2. The first-order valence-corrected chi connectivity index (χ1v) is 13.5. The molecule has 7 heteroatoms. The number of rotatable bonds is 6. The van der Waals surface area contributed by atoms with Gasteiger partial charge >= 0.3 is 0 Å². The first kappa shape index (κ1) is 25.8. The summed E-state index contributed by atoms with van der Waals surface area (Å²) in [4.78, 5) is 16.4. The van der Waals surface area contributed by atoms with E-state index in [1.165, 1.54) is 11.1 Å². The van der Waals surface area contributed by atoms with E-state index in [0.29, 0.717) is 6.04 Å². The number of aromatic amines is 1. The van der Waals surface area contributed by atoms with E-state index in [9.17, 15) is 4.79 Å². The standard InChI is InChI=1S/C20H24N4.C11H13NO2/c1-15(2)23-11-13-24(14-12-23)17-9-7-16(8-10-17)20-18-5-3-4-6-19(18)21-22-20;1-14-10-6-4-9(5-7-10)12-11(13)8-2-3-8/h3-10,15H,11-14H2,1-2H3,(H,21,22);4-8H,2-3H2,1H3,(H,12,13). The highest BCUT2D eigenvalue weighted by Gasteiger charge is 2.29. The molecule has 0 atom stereocenters. The lowest BCUT2D eigenvalue weighted by molar-refractivity contribution is -0.117. The Labute approximate surface area is 224 Å². The molecule has 38 heavy (non-hydrogen) atoms. The number of hydrogen-bond donors (Lipinski definition) is 2. The number of benzene rings is 3. The summed E-state index contributed by atoms with van der Waals surface area (Å²) in [6.07, 6.45) is 2.06. The highest BCUT2D eigenvalue weighted by atomic mass is 16.5. The first-order valence-electron chi connectivity index (χ1n) is 13.5. The molecule has 1 aliphatic heterocycles. The van der Waals surface area contributed by atoms with Gasteiger partial charge in [-0.3, -0.25) is 14.8 Å². The zero-order valence-corrected chi connectivity index (χ0v) is 22.5. The summed E-state index contributed by atoms with van der Waals surface area (Å²) < 4.78 is 5.02. The fraction of sp³-hybridized carbons (Fsp3) is 0.355. The Kier molecular flexibility index (Phi) is 7.94. The summed E-state index contributed by atoms with van der Waals surface area (Å²) >= 11 is 0. The molecule has 1 amide bonds. The molecule has 3 aromatic carbocycles. The molecule has 7 nitrogen and oxygen atoms in total. The predicted molar refractivity (Wildman–Crippen MR) is 155 cm³/mol. The lowest BCUT2D eigenvalue weighted by Gasteiger charge is -2.38. The van der Waals surface area contributed by atoms with Crippen molar-refractivity contribution in [2.45, 2.75) is 32.7 Å². The Morgan fingerprint density at radius 3 is 2.26 bits per heavy atom. The minimum atomic E-state index is 0.134. The van der Waals surface area contributed by atoms with Crippen LogP contribution in [0.4, 0.5) is 11.4 Å². The highest BCUT2D eigenvalue weighted by Crippen LogP contribution is 2.30. The van der Waals surface area contributed by atoms with Crippen LogP contribution in [0.3, 0.4) is 0 Å². The molecule has 0 spiro atoms. The third-order valence-electron chi connectivity index (χ3n) is 7.33. The number of methoxy groups -OCH3 is 1. The van der Waals surface area contributed by atoms with Crippen LogP contribution < -0.4 is 15.0 Å². The van der Waals surface area contributed by atoms with Gasteiger partial charge in [-0.15, -0.1) is 0 Å². The first-order chi connectivity index (χ1) is 18.5. The number of H-pyrrole nitrogens is 1. The number of fused-ring (bicyclic) bond motifs is 1. The van der Waals surface area contributed by atoms with E-state index in [1.807, 2.05) is 30.3 Å². The van der Waals surface area contributed by atoms with Crippen molar-refractivity contribution in [2.75, 3.05) is 43.5 Å². The molecular formula is C31H37N5O2. The fourth-order valence-corrected chi connectivity index (χ4v) is 4.77. The zero-order valence-electron chi connectivity index (χ0n) is 22.5. The summed E-state index contributed by atoms with van der Waals surface area (Å²) in [7, 11) is 1.62. The molecule has 1 saturated heterocycles. The van der Waals surface area contributed by atoms with Crippen LogP contribution in [0, 0.1) is 5.92 Å².